The van der Waals surface area contributed by atoms with Crippen LogP contribution in [0.5, 0.6) is 0 Å². The van der Waals surface area contributed by atoms with E-state index in [2.05, 4.69) is 16.0 Å². The molecule has 2 heterocycles. The van der Waals surface area contributed by atoms with Gasteiger partial charge in [0.25, 0.3) is 0 Å². The second-order valence-corrected chi connectivity index (χ2v) is 4.40. The third kappa shape index (κ3) is 2.00. The van der Waals surface area contributed by atoms with Crippen molar-refractivity contribution in [2.75, 3.05) is 0 Å². The van der Waals surface area contributed by atoms with E-state index >= 15 is 0 Å². The number of rotatable bonds is 2. The SMILES string of the molecule is N#Cc1cnc(C(O)c2ccncc2)c2ccccc12. The Bertz CT molecular complexity index is 794. The summed E-state index contributed by atoms with van der Waals surface area (Å²) >= 11 is 0. The van der Waals surface area contributed by atoms with Gasteiger partial charge in [-0.3, -0.25) is 9.97 Å². The molecule has 1 atom stereocenters. The molecule has 0 saturated carbocycles. The highest BCUT2D eigenvalue weighted by atomic mass is 16.3. The molecule has 20 heavy (non-hydrogen) atoms. The number of aliphatic hydroxyl groups is 1. The molecule has 0 bridgehead atoms. The van der Waals surface area contributed by atoms with Gasteiger partial charge in [-0.1, -0.05) is 24.3 Å². The fourth-order valence-corrected chi connectivity index (χ4v) is 2.23. The van der Waals surface area contributed by atoms with Gasteiger partial charge < -0.3 is 5.11 Å². The number of aliphatic hydroxyl groups excluding tert-OH is 1. The number of pyridine rings is 2. The minimum absolute atomic E-state index is 0.506. The molecule has 3 rings (SSSR count). The van der Waals surface area contributed by atoms with E-state index in [0.29, 0.717) is 11.3 Å². The second kappa shape index (κ2) is 5.08. The standard InChI is InChI=1S/C16H11N3O/c17-9-12-10-19-15(14-4-2-1-3-13(12)14)16(20)11-5-7-18-8-6-11/h1-8,10,16,20H. The molecule has 1 unspecified atom stereocenters. The molecule has 2 aromatic heterocycles. The van der Waals surface area contributed by atoms with Crippen LogP contribution in [0.15, 0.2) is 55.0 Å². The first kappa shape index (κ1) is 12.3. The molecule has 0 aliphatic rings. The normalized spacial score (nSPS) is 12.0. The summed E-state index contributed by atoms with van der Waals surface area (Å²) in [7, 11) is 0. The van der Waals surface area contributed by atoms with Crippen LogP contribution in [0.3, 0.4) is 0 Å². The van der Waals surface area contributed by atoms with Crippen molar-refractivity contribution in [1.82, 2.24) is 9.97 Å². The average Bonchev–Trinajstić information content (AvgIpc) is 2.54. The predicted octanol–water partition coefficient (Wildman–Crippen LogP) is 2.58. The molecule has 1 aromatic carbocycles. The fraction of sp³-hybridized carbons (Fsp3) is 0.0625. The Kier molecular flexibility index (Phi) is 3.12. The van der Waals surface area contributed by atoms with E-state index in [4.69, 9.17) is 5.26 Å². The molecule has 1 N–H and O–H groups in total. The van der Waals surface area contributed by atoms with Crippen LogP contribution in [0.25, 0.3) is 10.8 Å². The van der Waals surface area contributed by atoms with Gasteiger partial charge in [0.1, 0.15) is 12.2 Å². The number of nitrogens with zero attached hydrogens (tertiary/aromatic N) is 3. The van der Waals surface area contributed by atoms with Crippen molar-refractivity contribution in [3.63, 3.8) is 0 Å². The van der Waals surface area contributed by atoms with Crippen molar-refractivity contribution in [3.8, 4) is 6.07 Å². The van der Waals surface area contributed by atoms with E-state index in [1.54, 1.807) is 24.5 Å². The van der Waals surface area contributed by atoms with E-state index in [0.717, 1.165) is 16.3 Å². The molecule has 4 heteroatoms. The molecule has 0 radical (unpaired) electrons. The van der Waals surface area contributed by atoms with Crippen molar-refractivity contribution < 1.29 is 5.11 Å². The van der Waals surface area contributed by atoms with Gasteiger partial charge >= 0.3 is 0 Å². The Morgan fingerprint density at radius 3 is 2.45 bits per heavy atom. The summed E-state index contributed by atoms with van der Waals surface area (Å²) in [5.74, 6) is 0. The van der Waals surface area contributed by atoms with Crippen LogP contribution in [-0.4, -0.2) is 15.1 Å². The van der Waals surface area contributed by atoms with Crippen molar-refractivity contribution >= 4 is 10.8 Å². The van der Waals surface area contributed by atoms with Crippen molar-refractivity contribution in [2.24, 2.45) is 0 Å². The number of benzene rings is 1. The molecule has 0 amide bonds. The molecule has 0 spiro atoms. The highest BCUT2D eigenvalue weighted by molar-refractivity contribution is 5.89. The van der Waals surface area contributed by atoms with Crippen LogP contribution in [-0.2, 0) is 0 Å². The molecule has 96 valence electrons. The second-order valence-electron chi connectivity index (χ2n) is 4.40. The summed E-state index contributed by atoms with van der Waals surface area (Å²) in [5.41, 5.74) is 1.78. The zero-order chi connectivity index (χ0) is 13.9. The molecular weight excluding hydrogens is 250 g/mol. The zero-order valence-corrected chi connectivity index (χ0v) is 10.6. The molecule has 0 fully saturated rings. The number of aromatic nitrogens is 2. The van der Waals surface area contributed by atoms with E-state index in [1.165, 1.54) is 6.20 Å². The predicted molar refractivity (Wildman–Crippen MR) is 74.8 cm³/mol. The molecule has 4 nitrogen and oxygen atoms in total. The third-order valence-electron chi connectivity index (χ3n) is 3.23. The summed E-state index contributed by atoms with van der Waals surface area (Å²) in [6.45, 7) is 0. The Hall–Kier alpha value is -2.77. The lowest BCUT2D eigenvalue weighted by atomic mass is 10.00. The Balaban J connectivity index is 2.21. The van der Waals surface area contributed by atoms with Crippen LogP contribution in [0.4, 0.5) is 0 Å². The van der Waals surface area contributed by atoms with Crippen molar-refractivity contribution in [3.05, 3.63) is 71.8 Å². The zero-order valence-electron chi connectivity index (χ0n) is 10.6. The summed E-state index contributed by atoms with van der Waals surface area (Å²) < 4.78 is 0. The Morgan fingerprint density at radius 1 is 1.05 bits per heavy atom. The first-order chi connectivity index (χ1) is 9.81. The van der Waals surface area contributed by atoms with Gasteiger partial charge in [-0.15, -0.1) is 0 Å². The number of nitriles is 1. The largest absolute Gasteiger partial charge is 0.382 e. The number of hydrogen-bond donors (Lipinski definition) is 1. The highest BCUT2D eigenvalue weighted by Crippen LogP contribution is 2.28. The quantitative estimate of drug-likeness (QED) is 0.769. The summed E-state index contributed by atoms with van der Waals surface area (Å²) in [5, 5.41) is 21.2. The number of fused-ring (bicyclic) bond motifs is 1. The number of hydrogen-bond acceptors (Lipinski definition) is 4. The monoisotopic (exact) mass is 261 g/mol. The molecular formula is C16H11N3O. The lowest BCUT2D eigenvalue weighted by molar-refractivity contribution is 0.217. The fourth-order valence-electron chi connectivity index (χ4n) is 2.23. The first-order valence-electron chi connectivity index (χ1n) is 6.17. The van der Waals surface area contributed by atoms with Gasteiger partial charge in [0, 0.05) is 29.4 Å². The van der Waals surface area contributed by atoms with Crippen molar-refractivity contribution in [1.29, 1.82) is 5.26 Å². The lowest BCUT2D eigenvalue weighted by Crippen LogP contribution is -2.04. The summed E-state index contributed by atoms with van der Waals surface area (Å²) in [4.78, 5) is 8.20. The van der Waals surface area contributed by atoms with Gasteiger partial charge in [0.15, 0.2) is 0 Å². The van der Waals surface area contributed by atoms with Crippen LogP contribution in [0, 0.1) is 11.3 Å². The minimum Gasteiger partial charge on any atom is -0.382 e. The van der Waals surface area contributed by atoms with E-state index < -0.39 is 6.10 Å². The maximum atomic E-state index is 10.5. The van der Waals surface area contributed by atoms with Crippen LogP contribution < -0.4 is 0 Å². The van der Waals surface area contributed by atoms with E-state index in [9.17, 15) is 5.11 Å². The minimum atomic E-state index is -0.837. The van der Waals surface area contributed by atoms with Gasteiger partial charge in [-0.2, -0.15) is 5.26 Å². The smallest absolute Gasteiger partial charge is 0.122 e. The molecule has 0 saturated heterocycles. The maximum absolute atomic E-state index is 10.5. The summed E-state index contributed by atoms with van der Waals surface area (Å²) in [6, 6.07) is 13.1. The van der Waals surface area contributed by atoms with E-state index in [1.807, 2.05) is 24.3 Å². The van der Waals surface area contributed by atoms with E-state index in [-0.39, 0.29) is 0 Å². The van der Waals surface area contributed by atoms with Crippen LogP contribution in [0.1, 0.15) is 22.9 Å². The maximum Gasteiger partial charge on any atom is 0.122 e. The average molecular weight is 261 g/mol. The van der Waals surface area contributed by atoms with Gasteiger partial charge in [0.05, 0.1) is 11.3 Å². The lowest BCUT2D eigenvalue weighted by Gasteiger charge is -2.13. The van der Waals surface area contributed by atoms with Crippen molar-refractivity contribution in [2.45, 2.75) is 6.10 Å². The Labute approximate surface area is 116 Å². The van der Waals surface area contributed by atoms with Gasteiger partial charge in [0.2, 0.25) is 0 Å². The Morgan fingerprint density at radius 2 is 1.75 bits per heavy atom. The van der Waals surface area contributed by atoms with Gasteiger partial charge in [-0.25, -0.2) is 0 Å². The molecule has 0 aliphatic carbocycles. The third-order valence-corrected chi connectivity index (χ3v) is 3.23. The topological polar surface area (TPSA) is 69.8 Å². The molecule has 0 aliphatic heterocycles. The highest BCUT2D eigenvalue weighted by Gasteiger charge is 2.16. The summed E-state index contributed by atoms with van der Waals surface area (Å²) in [6.07, 6.45) is 3.92. The van der Waals surface area contributed by atoms with Crippen LogP contribution in [0.2, 0.25) is 0 Å². The molecule has 3 aromatic rings. The first-order valence-corrected chi connectivity index (χ1v) is 6.17. The van der Waals surface area contributed by atoms with Crippen LogP contribution >= 0.6 is 0 Å². The van der Waals surface area contributed by atoms with Gasteiger partial charge in [-0.05, 0) is 17.7 Å².